The largest absolute Gasteiger partial charge is 0.382 e. The molecule has 0 spiro atoms. The summed E-state index contributed by atoms with van der Waals surface area (Å²) in [5.41, 5.74) is 7.29. The van der Waals surface area contributed by atoms with E-state index in [1.807, 2.05) is 42.7 Å². The molecule has 0 bridgehead atoms. The van der Waals surface area contributed by atoms with E-state index < -0.39 is 0 Å². The van der Waals surface area contributed by atoms with E-state index in [9.17, 15) is 4.79 Å². The zero-order valence-electron chi connectivity index (χ0n) is 17.7. The van der Waals surface area contributed by atoms with Gasteiger partial charge in [0.2, 0.25) is 5.43 Å². The first-order valence-corrected chi connectivity index (χ1v) is 10.1. The van der Waals surface area contributed by atoms with Crippen LogP contribution in [0.5, 0.6) is 0 Å². The summed E-state index contributed by atoms with van der Waals surface area (Å²) >= 11 is 0. The van der Waals surface area contributed by atoms with Crippen molar-refractivity contribution in [3.05, 3.63) is 70.4 Å². The Labute approximate surface area is 180 Å². The Morgan fingerprint density at radius 3 is 2.94 bits per heavy atom. The van der Waals surface area contributed by atoms with Crippen molar-refractivity contribution in [1.29, 1.82) is 0 Å². The summed E-state index contributed by atoms with van der Waals surface area (Å²) < 4.78 is 12.3. The summed E-state index contributed by atoms with van der Waals surface area (Å²) in [6, 6.07) is 9.52. The molecule has 4 rings (SSSR count). The fraction of sp³-hybridized carbons (Fsp3) is 0.318. The molecule has 0 radical (unpaired) electrons. The monoisotopic (exact) mass is 422 g/mol. The molecule has 0 unspecified atom stereocenters. The maximum Gasteiger partial charge on any atom is 0.205 e. The quantitative estimate of drug-likeness (QED) is 0.505. The lowest BCUT2D eigenvalue weighted by Gasteiger charge is -2.10. The van der Waals surface area contributed by atoms with Gasteiger partial charge in [-0.1, -0.05) is 0 Å². The van der Waals surface area contributed by atoms with E-state index in [4.69, 9.17) is 9.47 Å². The molecule has 0 atom stereocenters. The van der Waals surface area contributed by atoms with Crippen LogP contribution >= 0.6 is 0 Å². The molecule has 9 heteroatoms. The summed E-state index contributed by atoms with van der Waals surface area (Å²) in [6.45, 7) is 2.58. The first-order chi connectivity index (χ1) is 15.1. The number of pyridine rings is 1. The maximum atomic E-state index is 12.3. The summed E-state index contributed by atoms with van der Waals surface area (Å²) in [5.74, 6) is 0. The van der Waals surface area contributed by atoms with Gasteiger partial charge in [0.1, 0.15) is 5.69 Å². The lowest BCUT2D eigenvalue weighted by Crippen LogP contribution is -2.24. The number of ether oxygens (including phenoxy) is 2. The molecule has 0 saturated heterocycles. The number of fused-ring (bicyclic) bond motifs is 1. The Bertz CT molecular complexity index is 1140. The number of anilines is 1. The zero-order valence-corrected chi connectivity index (χ0v) is 17.7. The van der Waals surface area contributed by atoms with Gasteiger partial charge in [-0.3, -0.25) is 9.78 Å². The summed E-state index contributed by atoms with van der Waals surface area (Å²) in [7, 11) is 3.57. The smallest absolute Gasteiger partial charge is 0.205 e. The third-order valence-electron chi connectivity index (χ3n) is 4.92. The van der Waals surface area contributed by atoms with Gasteiger partial charge in [0.25, 0.3) is 0 Å². The van der Waals surface area contributed by atoms with Crippen LogP contribution < -0.4 is 16.2 Å². The van der Waals surface area contributed by atoms with Crippen LogP contribution in [0.15, 0.2) is 53.7 Å². The highest BCUT2D eigenvalue weighted by atomic mass is 16.5. The standard InChI is InChI=1S/C22H26N6O3/c1-27-14-19(12-25-27)28-6-5-22(29)21(26-28)13-23-18-3-4-20-17(10-18)9-16(11-24-20)15-31-8-7-30-2/h3-6,9-11,14,23,25H,7-8,12-13,15H2,1-2H3. The van der Waals surface area contributed by atoms with Gasteiger partial charge in [-0.05, 0) is 29.8 Å². The number of nitrogens with zero attached hydrogens (tertiary/aromatic N) is 4. The molecular formula is C22H26N6O3. The number of nitrogens with one attached hydrogen (secondary N) is 2. The van der Waals surface area contributed by atoms with E-state index in [1.165, 1.54) is 0 Å². The highest BCUT2D eigenvalue weighted by molar-refractivity contribution is 5.82. The van der Waals surface area contributed by atoms with E-state index in [-0.39, 0.29) is 5.43 Å². The Kier molecular flexibility index (Phi) is 6.56. The third kappa shape index (κ3) is 5.26. The predicted octanol–water partition coefficient (Wildman–Crippen LogP) is 1.81. The Hall–Kier alpha value is -3.27. The van der Waals surface area contributed by atoms with Crippen LogP contribution in [0.2, 0.25) is 0 Å². The minimum atomic E-state index is -0.0957. The molecule has 162 valence electrons. The van der Waals surface area contributed by atoms with E-state index in [0.29, 0.717) is 38.6 Å². The van der Waals surface area contributed by atoms with E-state index in [2.05, 4.69) is 26.9 Å². The third-order valence-corrected chi connectivity index (χ3v) is 4.92. The van der Waals surface area contributed by atoms with Gasteiger partial charge >= 0.3 is 0 Å². The van der Waals surface area contributed by atoms with Crippen LogP contribution in [-0.2, 0) is 22.6 Å². The average Bonchev–Trinajstić information content (AvgIpc) is 3.22. The molecule has 3 aromatic rings. The molecule has 9 nitrogen and oxygen atoms in total. The van der Waals surface area contributed by atoms with Crippen LogP contribution in [-0.4, -0.2) is 53.7 Å². The molecule has 0 aliphatic carbocycles. The number of hydrazine groups is 1. The lowest BCUT2D eigenvalue weighted by atomic mass is 10.1. The molecule has 1 aliphatic heterocycles. The van der Waals surface area contributed by atoms with Gasteiger partial charge in [0, 0.05) is 49.9 Å². The first kappa shape index (κ1) is 21.0. The summed E-state index contributed by atoms with van der Waals surface area (Å²) in [5, 5.41) is 10.7. The van der Waals surface area contributed by atoms with Gasteiger partial charge in [-0.25, -0.2) is 10.1 Å². The second kappa shape index (κ2) is 9.69. The highest BCUT2D eigenvalue weighted by Gasteiger charge is 2.12. The van der Waals surface area contributed by atoms with Crippen molar-refractivity contribution in [1.82, 2.24) is 25.2 Å². The average molecular weight is 422 g/mol. The zero-order chi connectivity index (χ0) is 21.6. The molecular weight excluding hydrogens is 396 g/mol. The van der Waals surface area contributed by atoms with Crippen molar-refractivity contribution in [2.75, 3.05) is 39.2 Å². The Morgan fingerprint density at radius 2 is 2.13 bits per heavy atom. The molecule has 2 N–H and O–H groups in total. The van der Waals surface area contributed by atoms with Crippen molar-refractivity contribution >= 4 is 22.3 Å². The Morgan fingerprint density at radius 1 is 1.23 bits per heavy atom. The van der Waals surface area contributed by atoms with Crippen molar-refractivity contribution in [2.24, 2.45) is 0 Å². The van der Waals surface area contributed by atoms with Crippen LogP contribution in [0.1, 0.15) is 11.3 Å². The van der Waals surface area contributed by atoms with Gasteiger partial charge in [0.15, 0.2) is 0 Å². The number of benzene rings is 1. The molecule has 2 aromatic heterocycles. The van der Waals surface area contributed by atoms with Crippen LogP contribution in [0.3, 0.4) is 0 Å². The molecule has 1 aliphatic rings. The number of methoxy groups -OCH3 is 1. The van der Waals surface area contributed by atoms with Crippen LogP contribution in [0, 0.1) is 0 Å². The van der Waals surface area contributed by atoms with Crippen molar-refractivity contribution in [3.63, 3.8) is 0 Å². The van der Waals surface area contributed by atoms with Gasteiger partial charge in [-0.15, -0.1) is 0 Å². The minimum Gasteiger partial charge on any atom is -0.382 e. The van der Waals surface area contributed by atoms with E-state index in [1.54, 1.807) is 24.1 Å². The summed E-state index contributed by atoms with van der Waals surface area (Å²) in [4.78, 5) is 16.8. The van der Waals surface area contributed by atoms with Crippen LogP contribution in [0.4, 0.5) is 5.69 Å². The van der Waals surface area contributed by atoms with Crippen molar-refractivity contribution in [3.8, 4) is 0 Å². The number of aromatic nitrogens is 3. The maximum absolute atomic E-state index is 12.3. The molecule has 1 aromatic carbocycles. The topological polar surface area (TPSA) is 93.5 Å². The SMILES string of the molecule is COCCOCc1cnc2ccc(NCc3nn(C4=CN(C)NC4)ccc3=O)cc2c1. The number of hydrogen-bond acceptors (Lipinski definition) is 8. The number of rotatable bonds is 9. The van der Waals surface area contributed by atoms with Gasteiger partial charge < -0.3 is 19.8 Å². The first-order valence-electron chi connectivity index (χ1n) is 10.1. The van der Waals surface area contributed by atoms with Crippen molar-refractivity contribution in [2.45, 2.75) is 13.2 Å². The van der Waals surface area contributed by atoms with Gasteiger partial charge in [-0.2, -0.15) is 5.10 Å². The van der Waals surface area contributed by atoms with Crippen LogP contribution in [0.25, 0.3) is 16.6 Å². The molecule has 3 heterocycles. The fourth-order valence-corrected chi connectivity index (χ4v) is 3.27. The predicted molar refractivity (Wildman–Crippen MR) is 119 cm³/mol. The van der Waals surface area contributed by atoms with Gasteiger partial charge in [0.05, 0.1) is 44.1 Å². The molecule has 0 amide bonds. The fourth-order valence-electron chi connectivity index (χ4n) is 3.27. The highest BCUT2D eigenvalue weighted by Crippen LogP contribution is 2.19. The van der Waals surface area contributed by atoms with E-state index in [0.717, 1.165) is 27.9 Å². The molecule has 0 fully saturated rings. The van der Waals surface area contributed by atoms with E-state index >= 15 is 0 Å². The second-order valence-corrected chi connectivity index (χ2v) is 7.29. The normalized spacial score (nSPS) is 13.6. The molecule has 0 saturated carbocycles. The van der Waals surface area contributed by atoms with Crippen molar-refractivity contribution < 1.29 is 9.47 Å². The summed E-state index contributed by atoms with van der Waals surface area (Å²) in [6.07, 6.45) is 5.46. The Balaban J connectivity index is 1.46. The number of hydrogen-bond donors (Lipinski definition) is 2. The second-order valence-electron chi connectivity index (χ2n) is 7.29. The molecule has 31 heavy (non-hydrogen) atoms. The minimum absolute atomic E-state index is 0.0957. The lowest BCUT2D eigenvalue weighted by molar-refractivity contribution is 0.0616.